The van der Waals surface area contributed by atoms with Gasteiger partial charge < -0.3 is 5.11 Å². The van der Waals surface area contributed by atoms with E-state index in [4.69, 9.17) is 5.11 Å². The van der Waals surface area contributed by atoms with Gasteiger partial charge in [0.15, 0.2) is 0 Å². The van der Waals surface area contributed by atoms with Gasteiger partial charge >= 0.3 is 5.97 Å². The molecular formula is C13H11NO2S. The zero-order chi connectivity index (χ0) is 12.3. The smallest absolute Gasteiger partial charge is 0.336 e. The van der Waals surface area contributed by atoms with Crippen LogP contribution >= 0.6 is 11.8 Å². The molecule has 0 spiro atoms. The molecule has 0 saturated carbocycles. The predicted molar refractivity (Wildman–Crippen MR) is 66.5 cm³/mol. The van der Waals surface area contributed by atoms with Gasteiger partial charge in [-0.25, -0.2) is 9.78 Å². The molecule has 0 amide bonds. The highest BCUT2D eigenvalue weighted by Gasteiger charge is 2.13. The van der Waals surface area contributed by atoms with E-state index in [-0.39, 0.29) is 0 Å². The van der Waals surface area contributed by atoms with E-state index in [0.29, 0.717) is 5.56 Å². The average Bonchev–Trinajstić information content (AvgIpc) is 2.33. The molecule has 0 saturated heterocycles. The minimum atomic E-state index is -0.910. The third-order valence-electron chi connectivity index (χ3n) is 2.29. The molecule has 0 aliphatic rings. The summed E-state index contributed by atoms with van der Waals surface area (Å²) in [6.07, 6.45) is 1.70. The van der Waals surface area contributed by atoms with Gasteiger partial charge in [0.1, 0.15) is 5.03 Å². The Morgan fingerprint density at radius 3 is 2.71 bits per heavy atom. The van der Waals surface area contributed by atoms with E-state index < -0.39 is 5.97 Å². The van der Waals surface area contributed by atoms with Crippen molar-refractivity contribution in [3.8, 4) is 0 Å². The minimum Gasteiger partial charge on any atom is -0.478 e. The van der Waals surface area contributed by atoms with Gasteiger partial charge in [0, 0.05) is 11.1 Å². The first-order chi connectivity index (χ1) is 8.18. The summed E-state index contributed by atoms with van der Waals surface area (Å²) in [4.78, 5) is 16.1. The van der Waals surface area contributed by atoms with Crippen LogP contribution in [0.1, 0.15) is 15.9 Å². The highest BCUT2D eigenvalue weighted by molar-refractivity contribution is 7.99. The van der Waals surface area contributed by atoms with Crippen molar-refractivity contribution in [3.05, 3.63) is 53.7 Å². The maximum atomic E-state index is 11.1. The van der Waals surface area contributed by atoms with Crippen molar-refractivity contribution in [3.63, 3.8) is 0 Å². The zero-order valence-corrected chi connectivity index (χ0v) is 10.1. The molecule has 2 rings (SSSR count). The lowest BCUT2D eigenvalue weighted by Gasteiger charge is -2.08. The predicted octanol–water partition coefficient (Wildman–Crippen LogP) is 3.24. The zero-order valence-electron chi connectivity index (χ0n) is 9.25. The quantitative estimate of drug-likeness (QED) is 0.901. The lowest BCUT2D eigenvalue weighted by Crippen LogP contribution is -2.00. The fourth-order valence-corrected chi connectivity index (χ4v) is 2.43. The van der Waals surface area contributed by atoms with E-state index in [0.717, 1.165) is 15.5 Å². The first-order valence-corrected chi connectivity index (χ1v) is 5.92. The molecular weight excluding hydrogens is 234 g/mol. The molecule has 0 atom stereocenters. The minimum absolute atomic E-state index is 0.320. The van der Waals surface area contributed by atoms with Crippen LogP contribution in [-0.4, -0.2) is 16.1 Å². The van der Waals surface area contributed by atoms with E-state index in [1.165, 1.54) is 11.8 Å². The Hall–Kier alpha value is -1.81. The summed E-state index contributed by atoms with van der Waals surface area (Å²) in [5.74, 6) is -0.910. The number of rotatable bonds is 3. The maximum Gasteiger partial charge on any atom is 0.336 e. The van der Waals surface area contributed by atoms with Crippen LogP contribution in [0.25, 0.3) is 0 Å². The molecule has 17 heavy (non-hydrogen) atoms. The molecule has 0 fully saturated rings. The van der Waals surface area contributed by atoms with Crippen LogP contribution in [-0.2, 0) is 0 Å². The number of aromatic nitrogens is 1. The molecule has 1 aromatic heterocycles. The molecule has 1 N–H and O–H groups in total. The van der Waals surface area contributed by atoms with Gasteiger partial charge in [-0.2, -0.15) is 0 Å². The summed E-state index contributed by atoms with van der Waals surface area (Å²) in [5.41, 5.74) is 1.27. The molecule has 1 aromatic carbocycles. The van der Waals surface area contributed by atoms with Crippen LogP contribution < -0.4 is 0 Å². The fourth-order valence-electron chi connectivity index (χ4n) is 1.47. The molecule has 0 unspecified atom stereocenters. The van der Waals surface area contributed by atoms with Crippen LogP contribution in [0.4, 0.5) is 0 Å². The second kappa shape index (κ2) is 5.01. The first kappa shape index (κ1) is 11.7. The number of hydrogen-bond acceptors (Lipinski definition) is 3. The third kappa shape index (κ3) is 2.65. The van der Waals surface area contributed by atoms with Crippen molar-refractivity contribution >= 4 is 17.7 Å². The number of carboxylic acid groups (broad SMARTS) is 1. The lowest BCUT2D eigenvalue weighted by molar-refractivity contribution is 0.0693. The van der Waals surface area contributed by atoms with Crippen molar-refractivity contribution in [1.82, 2.24) is 4.98 Å². The molecule has 86 valence electrons. The summed E-state index contributed by atoms with van der Waals surface area (Å²) in [5, 5.41) is 9.93. The molecule has 0 radical (unpaired) electrons. The van der Waals surface area contributed by atoms with Crippen LogP contribution in [0.2, 0.25) is 0 Å². The number of nitrogens with zero attached hydrogens (tertiary/aromatic N) is 1. The topological polar surface area (TPSA) is 50.2 Å². The van der Waals surface area contributed by atoms with E-state index in [2.05, 4.69) is 4.98 Å². The number of aromatic carboxylic acids is 1. The van der Waals surface area contributed by atoms with E-state index >= 15 is 0 Å². The molecule has 2 aromatic rings. The van der Waals surface area contributed by atoms with Gasteiger partial charge in [0.05, 0.1) is 5.56 Å². The Morgan fingerprint density at radius 1 is 1.24 bits per heavy atom. The number of aryl methyl sites for hydroxylation is 1. The first-order valence-electron chi connectivity index (χ1n) is 5.10. The molecule has 4 heteroatoms. The Bertz CT molecular complexity index is 540. The fraction of sp³-hybridized carbons (Fsp3) is 0.0769. The number of carboxylic acids is 1. The Balaban J connectivity index is 2.41. The van der Waals surface area contributed by atoms with Gasteiger partial charge in [-0.3, -0.25) is 0 Å². The normalized spacial score (nSPS) is 10.2. The SMILES string of the molecule is Cc1cccc(C(=O)O)c1Sc1ccccn1. The van der Waals surface area contributed by atoms with Crippen LogP contribution in [0.15, 0.2) is 52.5 Å². The second-order valence-electron chi connectivity index (χ2n) is 3.53. The summed E-state index contributed by atoms with van der Waals surface area (Å²) in [6, 6.07) is 10.8. The van der Waals surface area contributed by atoms with Crippen LogP contribution in [0.5, 0.6) is 0 Å². The van der Waals surface area contributed by atoms with Gasteiger partial charge in [-0.1, -0.05) is 30.0 Å². The number of hydrogen-bond donors (Lipinski definition) is 1. The molecule has 3 nitrogen and oxygen atoms in total. The van der Waals surface area contributed by atoms with Crippen molar-refractivity contribution in [2.24, 2.45) is 0 Å². The largest absolute Gasteiger partial charge is 0.478 e. The van der Waals surface area contributed by atoms with Gasteiger partial charge in [0.2, 0.25) is 0 Å². The summed E-state index contributed by atoms with van der Waals surface area (Å²) >= 11 is 1.38. The van der Waals surface area contributed by atoms with Gasteiger partial charge in [0.25, 0.3) is 0 Å². The van der Waals surface area contributed by atoms with Crippen LogP contribution in [0.3, 0.4) is 0 Å². The van der Waals surface area contributed by atoms with Crippen LogP contribution in [0, 0.1) is 6.92 Å². The number of pyridine rings is 1. The monoisotopic (exact) mass is 245 g/mol. The van der Waals surface area contributed by atoms with E-state index in [9.17, 15) is 4.79 Å². The lowest BCUT2D eigenvalue weighted by atomic mass is 10.1. The molecule has 0 aliphatic carbocycles. The van der Waals surface area contributed by atoms with Crippen molar-refractivity contribution in [2.75, 3.05) is 0 Å². The van der Waals surface area contributed by atoms with Crippen molar-refractivity contribution in [1.29, 1.82) is 0 Å². The summed E-state index contributed by atoms with van der Waals surface area (Å²) in [6.45, 7) is 1.90. The Morgan fingerprint density at radius 2 is 2.06 bits per heavy atom. The van der Waals surface area contributed by atoms with E-state index in [1.54, 1.807) is 18.3 Å². The third-order valence-corrected chi connectivity index (χ3v) is 3.48. The highest BCUT2D eigenvalue weighted by Crippen LogP contribution is 2.31. The average molecular weight is 245 g/mol. The molecule has 0 aliphatic heterocycles. The molecule has 1 heterocycles. The van der Waals surface area contributed by atoms with Gasteiger partial charge in [-0.05, 0) is 30.7 Å². The number of carbonyl (C=O) groups is 1. The van der Waals surface area contributed by atoms with E-state index in [1.807, 2.05) is 31.2 Å². The number of benzene rings is 1. The van der Waals surface area contributed by atoms with Crippen molar-refractivity contribution in [2.45, 2.75) is 16.8 Å². The molecule has 0 bridgehead atoms. The maximum absolute atomic E-state index is 11.1. The summed E-state index contributed by atoms with van der Waals surface area (Å²) in [7, 11) is 0. The Labute approximate surface area is 104 Å². The Kier molecular flexibility index (Phi) is 3.44. The summed E-state index contributed by atoms with van der Waals surface area (Å²) < 4.78 is 0. The van der Waals surface area contributed by atoms with Crippen molar-refractivity contribution < 1.29 is 9.90 Å². The second-order valence-corrected chi connectivity index (χ2v) is 4.56. The highest BCUT2D eigenvalue weighted by atomic mass is 32.2. The standard InChI is InChI=1S/C13H11NO2S/c1-9-5-4-6-10(13(15)16)12(9)17-11-7-2-3-8-14-11/h2-8H,1H3,(H,15,16). The van der Waals surface area contributed by atoms with Gasteiger partial charge in [-0.15, -0.1) is 0 Å².